The van der Waals surface area contributed by atoms with Gasteiger partial charge in [-0.1, -0.05) is 136 Å². The topological polar surface area (TPSA) is 86.7 Å². The molecule has 322 valence electrons. The van der Waals surface area contributed by atoms with Gasteiger partial charge in [-0.2, -0.15) is 0 Å². The van der Waals surface area contributed by atoms with Crippen molar-refractivity contribution in [3.63, 3.8) is 0 Å². The summed E-state index contributed by atoms with van der Waals surface area (Å²) in [4.78, 5) is 0.910. The summed E-state index contributed by atoms with van der Waals surface area (Å²) in [5, 5.41) is 0. The smallest absolute Gasteiger partial charge is 0.206 e. The van der Waals surface area contributed by atoms with Crippen molar-refractivity contribution in [1.29, 1.82) is 0 Å². The minimum Gasteiger partial charge on any atom is -0.483 e. The number of sulfone groups is 2. The predicted molar refractivity (Wildman–Crippen MR) is 257 cm³/mol. The van der Waals surface area contributed by atoms with Crippen LogP contribution in [-0.4, -0.2) is 16.8 Å². The standard InChI is InChI=1S/C56H50O6S2/c1-39-17-27-47(28-18-39)63(57,58)49-31-23-45(24-32-49)56(5,6)62-54-36-20-43(38-52(54)41-15-11-8-12-16-41)42-19-35-53(51(37-42)40-13-9-7-10-14-40)61-46-25-33-50(34-26-46)64(59,60)48-29-21-44(22-30-48)55(2,3)4/h7-38H,1-6H3. The average molecular weight is 883 g/mol. The van der Waals surface area contributed by atoms with Gasteiger partial charge in [0.1, 0.15) is 22.8 Å². The Labute approximate surface area is 377 Å². The van der Waals surface area contributed by atoms with Crippen molar-refractivity contribution < 1.29 is 26.3 Å². The highest BCUT2D eigenvalue weighted by atomic mass is 32.2. The fourth-order valence-electron chi connectivity index (χ4n) is 7.59. The Morgan fingerprint density at radius 1 is 0.391 bits per heavy atom. The SMILES string of the molecule is Cc1ccc(S(=O)(=O)c2ccc(C(C)(C)Oc3ccc(-c4ccc(Oc5ccc(S(=O)(=O)c6ccc(C(C)(C)C)cc6)cc5)c(-c5ccccc5)c4)cc3-c3ccccc3)cc2)cc1. The first kappa shape index (κ1) is 43.9. The highest BCUT2D eigenvalue weighted by molar-refractivity contribution is 7.91. The second-order valence-corrected chi connectivity index (χ2v) is 21.4. The largest absolute Gasteiger partial charge is 0.483 e. The second kappa shape index (κ2) is 17.4. The molecular formula is C56H50O6S2. The third-order valence-corrected chi connectivity index (χ3v) is 15.0. The highest BCUT2D eigenvalue weighted by Gasteiger charge is 2.27. The summed E-state index contributed by atoms with van der Waals surface area (Å²) in [7, 11) is -7.41. The quantitative estimate of drug-likeness (QED) is 0.121. The zero-order valence-corrected chi connectivity index (χ0v) is 38.4. The minimum absolute atomic E-state index is 0.0869. The van der Waals surface area contributed by atoms with E-state index < -0.39 is 25.3 Å². The molecule has 8 aromatic carbocycles. The first-order valence-corrected chi connectivity index (χ1v) is 24.1. The van der Waals surface area contributed by atoms with Crippen LogP contribution in [0.15, 0.2) is 214 Å². The number of ether oxygens (including phenoxy) is 2. The van der Waals surface area contributed by atoms with Crippen LogP contribution >= 0.6 is 0 Å². The van der Waals surface area contributed by atoms with Crippen LogP contribution in [0.1, 0.15) is 51.3 Å². The summed E-state index contributed by atoms with van der Waals surface area (Å²) < 4.78 is 67.3. The number of aryl methyl sites for hydroxylation is 1. The first-order valence-electron chi connectivity index (χ1n) is 21.1. The lowest BCUT2D eigenvalue weighted by Gasteiger charge is -2.29. The Bertz CT molecular complexity index is 3140. The molecule has 0 heterocycles. The summed E-state index contributed by atoms with van der Waals surface area (Å²) >= 11 is 0. The fraction of sp³-hybridized carbons (Fsp3) is 0.143. The van der Waals surface area contributed by atoms with E-state index in [1.807, 2.05) is 118 Å². The zero-order valence-electron chi connectivity index (χ0n) is 36.7. The number of hydrogen-bond donors (Lipinski definition) is 0. The molecule has 8 rings (SSSR count). The van der Waals surface area contributed by atoms with Crippen LogP contribution in [-0.2, 0) is 30.7 Å². The Balaban J connectivity index is 1.08. The summed E-state index contributed by atoms with van der Waals surface area (Å²) in [5.74, 6) is 1.79. The van der Waals surface area contributed by atoms with Gasteiger partial charge < -0.3 is 9.47 Å². The molecule has 6 nitrogen and oxygen atoms in total. The summed E-state index contributed by atoms with van der Waals surface area (Å²) in [6, 6.07) is 59.7. The van der Waals surface area contributed by atoms with Crippen molar-refractivity contribution in [3.05, 3.63) is 211 Å². The monoisotopic (exact) mass is 882 g/mol. The molecule has 0 saturated carbocycles. The van der Waals surface area contributed by atoms with E-state index in [-0.39, 0.29) is 25.0 Å². The van der Waals surface area contributed by atoms with Crippen molar-refractivity contribution in [2.75, 3.05) is 0 Å². The van der Waals surface area contributed by atoms with Crippen LogP contribution in [0.5, 0.6) is 17.2 Å². The molecule has 0 aliphatic rings. The maximum absolute atomic E-state index is 13.6. The first-order chi connectivity index (χ1) is 30.5. The molecule has 0 aliphatic carbocycles. The molecule has 0 fully saturated rings. The maximum atomic E-state index is 13.6. The Morgan fingerprint density at radius 2 is 0.781 bits per heavy atom. The van der Waals surface area contributed by atoms with Crippen LogP contribution in [0.3, 0.4) is 0 Å². The van der Waals surface area contributed by atoms with Gasteiger partial charge in [0.2, 0.25) is 19.7 Å². The Hall–Kier alpha value is -6.74. The van der Waals surface area contributed by atoms with E-state index >= 15 is 0 Å². The van der Waals surface area contributed by atoms with E-state index in [4.69, 9.17) is 9.47 Å². The van der Waals surface area contributed by atoms with Crippen LogP contribution in [0.2, 0.25) is 0 Å². The van der Waals surface area contributed by atoms with Gasteiger partial charge in [0.25, 0.3) is 0 Å². The van der Waals surface area contributed by atoms with E-state index in [1.54, 1.807) is 72.8 Å². The Morgan fingerprint density at radius 3 is 1.23 bits per heavy atom. The van der Waals surface area contributed by atoms with E-state index in [1.165, 1.54) is 0 Å². The molecule has 0 amide bonds. The molecule has 0 aromatic heterocycles. The minimum atomic E-state index is -3.73. The molecular weight excluding hydrogens is 833 g/mol. The second-order valence-electron chi connectivity index (χ2n) is 17.5. The van der Waals surface area contributed by atoms with Gasteiger partial charge in [0.05, 0.1) is 19.6 Å². The molecule has 0 atom stereocenters. The zero-order chi connectivity index (χ0) is 45.3. The molecule has 0 bridgehead atoms. The lowest BCUT2D eigenvalue weighted by atomic mass is 9.87. The lowest BCUT2D eigenvalue weighted by Crippen LogP contribution is -2.25. The molecule has 0 aliphatic heterocycles. The van der Waals surface area contributed by atoms with Gasteiger partial charge in [-0.15, -0.1) is 0 Å². The van der Waals surface area contributed by atoms with Crippen LogP contribution < -0.4 is 9.47 Å². The third-order valence-electron chi connectivity index (χ3n) is 11.4. The van der Waals surface area contributed by atoms with Crippen molar-refractivity contribution >= 4 is 19.7 Å². The van der Waals surface area contributed by atoms with Crippen LogP contribution in [0, 0.1) is 6.92 Å². The van der Waals surface area contributed by atoms with Gasteiger partial charge >= 0.3 is 0 Å². The van der Waals surface area contributed by atoms with Gasteiger partial charge in [0.15, 0.2) is 0 Å². The van der Waals surface area contributed by atoms with Gasteiger partial charge in [-0.3, -0.25) is 0 Å². The molecule has 0 saturated heterocycles. The van der Waals surface area contributed by atoms with Crippen LogP contribution in [0.4, 0.5) is 0 Å². The average Bonchev–Trinajstić information content (AvgIpc) is 3.30. The normalized spacial score (nSPS) is 12.2. The van der Waals surface area contributed by atoms with E-state index in [0.29, 0.717) is 17.2 Å². The molecule has 8 aromatic rings. The van der Waals surface area contributed by atoms with Crippen molar-refractivity contribution in [2.24, 2.45) is 0 Å². The molecule has 0 unspecified atom stereocenters. The van der Waals surface area contributed by atoms with Crippen molar-refractivity contribution in [3.8, 4) is 50.6 Å². The molecule has 0 N–H and O–H groups in total. The molecule has 0 radical (unpaired) electrons. The number of benzene rings is 8. The molecule has 64 heavy (non-hydrogen) atoms. The van der Waals surface area contributed by atoms with Crippen LogP contribution in [0.25, 0.3) is 33.4 Å². The lowest BCUT2D eigenvalue weighted by molar-refractivity contribution is 0.109. The van der Waals surface area contributed by atoms with Crippen molar-refractivity contribution in [1.82, 2.24) is 0 Å². The molecule has 8 heteroatoms. The summed E-state index contributed by atoms with van der Waals surface area (Å²) in [5.41, 5.74) is 7.58. The maximum Gasteiger partial charge on any atom is 0.206 e. The number of hydrogen-bond acceptors (Lipinski definition) is 6. The predicted octanol–water partition coefficient (Wildman–Crippen LogP) is 14.1. The fourth-order valence-corrected chi connectivity index (χ4v) is 10.1. The van der Waals surface area contributed by atoms with E-state index in [0.717, 1.165) is 50.1 Å². The van der Waals surface area contributed by atoms with Gasteiger partial charge in [-0.05, 0) is 144 Å². The van der Waals surface area contributed by atoms with Gasteiger partial charge in [-0.25, -0.2) is 16.8 Å². The highest BCUT2D eigenvalue weighted by Crippen LogP contribution is 2.42. The number of rotatable bonds is 12. The van der Waals surface area contributed by atoms with Gasteiger partial charge in [0, 0.05) is 11.1 Å². The summed E-state index contributed by atoms with van der Waals surface area (Å²) in [6.07, 6.45) is 0. The third kappa shape index (κ3) is 9.30. The van der Waals surface area contributed by atoms with E-state index in [2.05, 4.69) is 45.0 Å². The van der Waals surface area contributed by atoms with Crippen molar-refractivity contribution in [2.45, 2.75) is 72.1 Å². The molecule has 0 spiro atoms. The summed E-state index contributed by atoms with van der Waals surface area (Å²) in [6.45, 7) is 12.2. The Kier molecular flexibility index (Phi) is 12.0. The van der Waals surface area contributed by atoms with E-state index in [9.17, 15) is 16.8 Å².